The van der Waals surface area contributed by atoms with Gasteiger partial charge in [0.2, 0.25) is 0 Å². The van der Waals surface area contributed by atoms with E-state index in [0.717, 1.165) is 28.0 Å². The lowest BCUT2D eigenvalue weighted by atomic mass is 10.1. The molecule has 10 heteroatoms. The van der Waals surface area contributed by atoms with Crippen LogP contribution in [0.3, 0.4) is 0 Å². The number of pyridine rings is 1. The van der Waals surface area contributed by atoms with Gasteiger partial charge in [-0.25, -0.2) is 4.79 Å². The fraction of sp³-hybridized carbons (Fsp3) is 0.125. The minimum Gasteiger partial charge on any atom is -0.502 e. The van der Waals surface area contributed by atoms with Crippen LogP contribution in [-0.2, 0) is 6.54 Å². The average molecular weight is 385 g/mol. The fourth-order valence-electron chi connectivity index (χ4n) is 2.53. The summed E-state index contributed by atoms with van der Waals surface area (Å²) < 4.78 is 42.2. The lowest BCUT2D eigenvalue weighted by molar-refractivity contribution is -0.274. The number of aromatic carboxylic acids is 1. The van der Waals surface area contributed by atoms with Gasteiger partial charge in [-0.1, -0.05) is 12.1 Å². The van der Waals surface area contributed by atoms with Crippen molar-refractivity contribution >= 4 is 27.5 Å². The van der Waals surface area contributed by atoms with Gasteiger partial charge in [-0.15, -0.1) is 24.5 Å². The van der Waals surface area contributed by atoms with Crippen molar-refractivity contribution in [3.63, 3.8) is 0 Å². The Hall–Kier alpha value is -3.01. The number of carboxylic acid groups (broad SMARTS) is 1. The number of halogens is 3. The zero-order valence-corrected chi connectivity index (χ0v) is 13.6. The molecule has 0 saturated carbocycles. The molecule has 0 aliphatic heterocycles. The summed E-state index contributed by atoms with van der Waals surface area (Å²) >= 11 is 1.03. The van der Waals surface area contributed by atoms with E-state index >= 15 is 0 Å². The van der Waals surface area contributed by atoms with Crippen LogP contribution in [0, 0.1) is 0 Å². The third-order valence-corrected chi connectivity index (χ3v) is 4.45. The van der Waals surface area contributed by atoms with Crippen molar-refractivity contribution < 1.29 is 32.9 Å². The summed E-state index contributed by atoms with van der Waals surface area (Å²) in [6.07, 6.45) is -4.85. The van der Waals surface area contributed by atoms with Crippen molar-refractivity contribution in [2.24, 2.45) is 0 Å². The van der Waals surface area contributed by atoms with E-state index in [1.807, 2.05) is 0 Å². The average Bonchev–Trinajstić information content (AvgIpc) is 2.99. The third kappa shape index (κ3) is 3.36. The van der Waals surface area contributed by atoms with Gasteiger partial charge in [0.05, 0.1) is 16.8 Å². The SMILES string of the molecule is O=C(O)c1c(O)c(=O)n(Cc2cccc(OC(F)(F)F)c2)c2ccsc12. The van der Waals surface area contributed by atoms with E-state index in [0.29, 0.717) is 5.56 Å². The van der Waals surface area contributed by atoms with Gasteiger partial charge < -0.3 is 14.9 Å². The lowest BCUT2D eigenvalue weighted by Crippen LogP contribution is -2.23. The molecule has 3 rings (SSSR count). The predicted molar refractivity (Wildman–Crippen MR) is 86.9 cm³/mol. The van der Waals surface area contributed by atoms with Gasteiger partial charge in [0.1, 0.15) is 11.3 Å². The normalized spacial score (nSPS) is 11.7. The number of aromatic hydroxyl groups is 1. The van der Waals surface area contributed by atoms with Crippen LogP contribution in [0.25, 0.3) is 10.2 Å². The number of alkyl halides is 3. The molecule has 0 bridgehead atoms. The van der Waals surface area contributed by atoms with Crippen LogP contribution in [0.2, 0.25) is 0 Å². The monoisotopic (exact) mass is 385 g/mol. The maximum Gasteiger partial charge on any atom is 0.573 e. The first-order chi connectivity index (χ1) is 12.2. The molecular formula is C16H10F3NO5S. The number of hydrogen-bond acceptors (Lipinski definition) is 5. The Morgan fingerprint density at radius 1 is 1.27 bits per heavy atom. The molecule has 26 heavy (non-hydrogen) atoms. The summed E-state index contributed by atoms with van der Waals surface area (Å²) in [5, 5.41) is 20.7. The van der Waals surface area contributed by atoms with Crippen LogP contribution in [0.4, 0.5) is 13.2 Å². The maximum atomic E-state index is 12.4. The zero-order valence-electron chi connectivity index (χ0n) is 12.8. The van der Waals surface area contributed by atoms with Crippen LogP contribution in [0.15, 0.2) is 40.5 Å². The molecule has 0 fully saturated rings. The molecule has 2 N–H and O–H groups in total. The smallest absolute Gasteiger partial charge is 0.502 e. The van der Waals surface area contributed by atoms with E-state index < -0.39 is 35.0 Å². The van der Waals surface area contributed by atoms with Gasteiger partial charge in [-0.05, 0) is 29.1 Å². The van der Waals surface area contributed by atoms with Crippen LogP contribution < -0.4 is 10.3 Å². The van der Waals surface area contributed by atoms with E-state index in [-0.39, 0.29) is 16.8 Å². The number of carboxylic acids is 1. The molecule has 0 unspecified atom stereocenters. The summed E-state index contributed by atoms with van der Waals surface area (Å²) in [5.74, 6) is -2.81. The minimum absolute atomic E-state index is 0.172. The van der Waals surface area contributed by atoms with E-state index in [2.05, 4.69) is 4.74 Å². The lowest BCUT2D eigenvalue weighted by Gasteiger charge is -2.13. The zero-order chi connectivity index (χ0) is 19.1. The Bertz CT molecular complexity index is 1050. The van der Waals surface area contributed by atoms with Gasteiger partial charge in [-0.2, -0.15) is 0 Å². The molecule has 0 aliphatic rings. The summed E-state index contributed by atoms with van der Waals surface area (Å²) in [7, 11) is 0. The standard InChI is InChI=1S/C16H10F3NO5S/c17-16(18,19)25-9-3-1-2-8(6-9)7-20-10-4-5-26-13(10)11(15(23)24)12(21)14(20)22/h1-6,21H,7H2,(H,23,24). The molecule has 6 nitrogen and oxygen atoms in total. The second-order valence-corrected chi connectivity index (χ2v) is 6.17. The van der Waals surface area contributed by atoms with Gasteiger partial charge >= 0.3 is 12.3 Å². The van der Waals surface area contributed by atoms with Crippen molar-refractivity contribution in [2.75, 3.05) is 0 Å². The van der Waals surface area contributed by atoms with E-state index in [9.17, 15) is 33.0 Å². The number of nitrogens with zero attached hydrogens (tertiary/aromatic N) is 1. The van der Waals surface area contributed by atoms with E-state index in [4.69, 9.17) is 0 Å². The number of hydrogen-bond donors (Lipinski definition) is 2. The highest BCUT2D eigenvalue weighted by Gasteiger charge is 2.31. The van der Waals surface area contributed by atoms with Crippen LogP contribution in [0.1, 0.15) is 15.9 Å². The van der Waals surface area contributed by atoms with E-state index in [1.165, 1.54) is 18.2 Å². The number of aromatic nitrogens is 1. The molecular weight excluding hydrogens is 375 g/mol. The van der Waals surface area contributed by atoms with Gasteiger partial charge in [0.15, 0.2) is 5.75 Å². The molecule has 0 spiro atoms. The molecule has 2 heterocycles. The second kappa shape index (κ2) is 6.37. The second-order valence-electron chi connectivity index (χ2n) is 5.25. The largest absolute Gasteiger partial charge is 0.573 e. The first kappa shape index (κ1) is 17.8. The van der Waals surface area contributed by atoms with Crippen LogP contribution in [0.5, 0.6) is 11.5 Å². The first-order valence-corrected chi connectivity index (χ1v) is 7.96. The topological polar surface area (TPSA) is 88.8 Å². The predicted octanol–water partition coefficient (Wildman–Crippen LogP) is 3.41. The highest BCUT2D eigenvalue weighted by molar-refractivity contribution is 7.17. The van der Waals surface area contributed by atoms with Crippen molar-refractivity contribution in [1.82, 2.24) is 4.57 Å². The Balaban J connectivity index is 2.08. The third-order valence-electron chi connectivity index (χ3n) is 3.53. The van der Waals surface area contributed by atoms with Crippen molar-refractivity contribution in [3.8, 4) is 11.5 Å². The highest BCUT2D eigenvalue weighted by Crippen LogP contribution is 2.30. The Kier molecular flexibility index (Phi) is 4.36. The number of benzene rings is 1. The number of thiophene rings is 1. The molecule has 0 amide bonds. The summed E-state index contributed by atoms with van der Waals surface area (Å²) in [6, 6.07) is 6.54. The molecule has 0 atom stereocenters. The van der Waals surface area contributed by atoms with Gasteiger partial charge in [0.25, 0.3) is 5.56 Å². The summed E-state index contributed by atoms with van der Waals surface area (Å²) in [6.45, 7) is -0.172. The Morgan fingerprint density at radius 2 is 2.00 bits per heavy atom. The molecule has 0 aliphatic carbocycles. The van der Waals surface area contributed by atoms with Crippen molar-refractivity contribution in [2.45, 2.75) is 12.9 Å². The Labute approximate surface area is 147 Å². The quantitative estimate of drug-likeness (QED) is 0.719. The van der Waals surface area contributed by atoms with Crippen molar-refractivity contribution in [3.05, 3.63) is 57.2 Å². The summed E-state index contributed by atoms with van der Waals surface area (Å²) in [5.41, 5.74) is -0.873. The summed E-state index contributed by atoms with van der Waals surface area (Å²) in [4.78, 5) is 23.7. The Morgan fingerprint density at radius 3 is 2.65 bits per heavy atom. The molecule has 0 saturated heterocycles. The number of ether oxygens (including phenoxy) is 1. The van der Waals surface area contributed by atoms with Crippen LogP contribution >= 0.6 is 11.3 Å². The number of carbonyl (C=O) groups is 1. The molecule has 3 aromatic rings. The van der Waals surface area contributed by atoms with Gasteiger partial charge in [0, 0.05) is 0 Å². The van der Waals surface area contributed by atoms with Crippen molar-refractivity contribution in [1.29, 1.82) is 0 Å². The minimum atomic E-state index is -4.85. The molecule has 1 aromatic carbocycles. The van der Waals surface area contributed by atoms with Crippen LogP contribution in [-0.4, -0.2) is 27.1 Å². The maximum absolute atomic E-state index is 12.4. The molecule has 0 radical (unpaired) electrons. The first-order valence-electron chi connectivity index (χ1n) is 7.08. The number of rotatable bonds is 4. The van der Waals surface area contributed by atoms with E-state index in [1.54, 1.807) is 5.38 Å². The molecule has 136 valence electrons. The number of fused-ring (bicyclic) bond motifs is 1. The highest BCUT2D eigenvalue weighted by atomic mass is 32.1. The molecule has 2 aromatic heterocycles. The fourth-order valence-corrected chi connectivity index (χ4v) is 3.47. The van der Waals surface area contributed by atoms with Gasteiger partial charge in [-0.3, -0.25) is 9.36 Å².